The molecule has 3 aliphatic rings. The van der Waals surface area contributed by atoms with Gasteiger partial charge in [0, 0.05) is 23.6 Å². The highest BCUT2D eigenvalue weighted by Crippen LogP contribution is 2.45. The van der Waals surface area contributed by atoms with Crippen LogP contribution in [0, 0.1) is 11.7 Å². The average molecular weight is 626 g/mol. The number of ether oxygens (including phenoxy) is 1. The van der Waals surface area contributed by atoms with Gasteiger partial charge >= 0.3 is 0 Å². The molecular formula is C23H27BrClFN2O6S2. The maximum absolute atomic E-state index is 14.7. The minimum Gasteiger partial charge on any atom is -0.493 e. The topological polar surface area (TPSA) is 110 Å². The summed E-state index contributed by atoms with van der Waals surface area (Å²) in [6.45, 7) is 0.988. The standard InChI is InChI=1S/C23H27BrClFN2O6S2/c1-35(30,31)27-23(29)18-11-17(15-2-3-15)22(12-21(18)26)34-13-14-6-8-28(9-7-14)36(32,33)16-4-5-19(24)20(25)10-16/h10-12,14-15H,2-9,13H2,1H3,(H,27,29). The summed E-state index contributed by atoms with van der Waals surface area (Å²) >= 11 is 9.46. The molecule has 1 saturated heterocycles. The van der Waals surface area contributed by atoms with Gasteiger partial charge in [-0.05, 0) is 68.1 Å². The third-order valence-corrected chi connectivity index (χ3v) is 10.5. The summed E-state index contributed by atoms with van der Waals surface area (Å²) in [5.41, 5.74) is 0.336. The van der Waals surface area contributed by atoms with E-state index in [0.29, 0.717) is 60.0 Å². The van der Waals surface area contributed by atoms with Crippen LogP contribution >= 0.6 is 27.5 Å². The molecule has 0 unspecified atom stereocenters. The fourth-order valence-corrected chi connectivity index (χ4v) is 7.05. The van der Waals surface area contributed by atoms with Crippen molar-refractivity contribution in [3.63, 3.8) is 0 Å². The van der Waals surface area contributed by atoms with E-state index in [1.807, 2.05) is 0 Å². The molecule has 36 heavy (non-hydrogen) atoms. The Morgan fingerprint density at radius 1 is 1.17 bits per heavy atom. The molecule has 8 nitrogen and oxygen atoms in total. The van der Waals surface area contributed by atoms with Crippen molar-refractivity contribution in [3.05, 3.63) is 49.6 Å². The highest BCUT2D eigenvalue weighted by atomic mass is 79.9. The molecule has 2 fully saturated rings. The number of sulfonamides is 2. The molecule has 2 aliphatic carbocycles. The maximum atomic E-state index is 14.7. The molecule has 198 valence electrons. The van der Waals surface area contributed by atoms with E-state index in [-0.39, 0.29) is 24.0 Å². The SMILES string of the molecule is CS(=O)(=O)NC(=O)c1cc(C2CC2)c(OCC2CCN(S(=O)(=O)C3=CC(Cl)=C(Br)CC3)CC2)cc1F. The average Bonchev–Trinajstić information content (AvgIpc) is 3.64. The second kappa shape index (κ2) is 10.7. The number of benzene rings is 1. The minimum absolute atomic E-state index is 0.0812. The van der Waals surface area contributed by atoms with Crippen LogP contribution in [0.15, 0.2) is 32.6 Å². The Kier molecular flexibility index (Phi) is 8.21. The van der Waals surface area contributed by atoms with E-state index in [4.69, 9.17) is 16.3 Å². The van der Waals surface area contributed by atoms with Crippen LogP contribution in [0.2, 0.25) is 0 Å². The van der Waals surface area contributed by atoms with Gasteiger partial charge in [0.1, 0.15) is 11.6 Å². The van der Waals surface area contributed by atoms with Crippen molar-refractivity contribution >= 4 is 53.5 Å². The highest BCUT2D eigenvalue weighted by Gasteiger charge is 2.33. The summed E-state index contributed by atoms with van der Waals surface area (Å²) in [5, 5.41) is 0.404. The van der Waals surface area contributed by atoms with Gasteiger partial charge in [-0.3, -0.25) is 4.79 Å². The van der Waals surface area contributed by atoms with Crippen molar-refractivity contribution in [2.45, 2.75) is 44.4 Å². The molecule has 1 N–H and O–H groups in total. The molecule has 1 heterocycles. The smallest absolute Gasteiger partial charge is 0.267 e. The second-order valence-electron chi connectivity index (χ2n) is 9.37. The number of halogens is 3. The Labute approximate surface area is 224 Å². The molecule has 0 spiro atoms. The van der Waals surface area contributed by atoms with Crippen molar-refractivity contribution in [1.29, 1.82) is 0 Å². The van der Waals surface area contributed by atoms with Gasteiger partial charge in [-0.25, -0.2) is 25.9 Å². The number of amides is 1. The summed E-state index contributed by atoms with van der Waals surface area (Å²) in [7, 11) is -7.42. The predicted molar refractivity (Wildman–Crippen MR) is 139 cm³/mol. The summed E-state index contributed by atoms with van der Waals surface area (Å²) in [5.74, 6) is -1.34. The quantitative estimate of drug-likeness (QED) is 0.461. The number of nitrogens with zero attached hydrogens (tertiary/aromatic N) is 1. The van der Waals surface area contributed by atoms with Gasteiger partial charge in [-0.15, -0.1) is 0 Å². The number of carbonyl (C=O) groups is 1. The second-order valence-corrected chi connectivity index (χ2v) is 14.5. The van der Waals surface area contributed by atoms with Crippen molar-refractivity contribution < 1.29 is 30.8 Å². The molecule has 0 atom stereocenters. The minimum atomic E-state index is -3.83. The largest absolute Gasteiger partial charge is 0.493 e. The molecule has 1 aromatic rings. The molecule has 1 saturated carbocycles. The Balaban J connectivity index is 1.39. The zero-order valence-electron chi connectivity index (χ0n) is 19.6. The number of allylic oxidation sites excluding steroid dienone is 4. The molecule has 13 heteroatoms. The lowest BCUT2D eigenvalue weighted by Gasteiger charge is -2.32. The van der Waals surface area contributed by atoms with E-state index in [1.165, 1.54) is 16.4 Å². The lowest BCUT2D eigenvalue weighted by Crippen LogP contribution is -2.40. The number of rotatable bonds is 8. The molecular weight excluding hydrogens is 599 g/mol. The number of hydrogen-bond donors (Lipinski definition) is 1. The Morgan fingerprint density at radius 2 is 1.83 bits per heavy atom. The third-order valence-electron chi connectivity index (χ3n) is 6.50. The molecule has 0 aromatic heterocycles. The number of piperidine rings is 1. The molecule has 1 aromatic carbocycles. The number of hydrogen-bond acceptors (Lipinski definition) is 6. The first-order chi connectivity index (χ1) is 16.8. The van der Waals surface area contributed by atoms with E-state index < -0.39 is 31.8 Å². The fraction of sp³-hybridized carbons (Fsp3) is 0.522. The Morgan fingerprint density at radius 3 is 2.42 bits per heavy atom. The first-order valence-corrected chi connectivity index (χ1v) is 16.1. The van der Waals surface area contributed by atoms with Crippen molar-refractivity contribution in [2.75, 3.05) is 26.0 Å². The summed E-state index contributed by atoms with van der Waals surface area (Å²) in [6.07, 6.45) is 6.21. The van der Waals surface area contributed by atoms with E-state index in [1.54, 1.807) is 4.72 Å². The molecule has 0 radical (unpaired) electrons. The Bertz CT molecular complexity index is 1330. The number of carbonyl (C=O) groups excluding carboxylic acids is 1. The van der Waals surface area contributed by atoms with E-state index in [2.05, 4.69) is 15.9 Å². The van der Waals surface area contributed by atoms with Gasteiger partial charge in [0.25, 0.3) is 5.91 Å². The van der Waals surface area contributed by atoms with Gasteiger partial charge in [0.2, 0.25) is 20.0 Å². The van der Waals surface area contributed by atoms with Crippen LogP contribution in [-0.2, 0) is 20.0 Å². The summed E-state index contributed by atoms with van der Waals surface area (Å²) in [6, 6.07) is 2.50. The van der Waals surface area contributed by atoms with Crippen LogP contribution in [0.1, 0.15) is 60.4 Å². The molecule has 4 rings (SSSR count). The monoisotopic (exact) mass is 624 g/mol. The van der Waals surface area contributed by atoms with Gasteiger partial charge in [-0.2, -0.15) is 4.31 Å². The molecule has 0 bridgehead atoms. The zero-order valence-corrected chi connectivity index (χ0v) is 23.6. The fourth-order valence-electron chi connectivity index (χ4n) is 4.34. The maximum Gasteiger partial charge on any atom is 0.267 e. The zero-order chi connectivity index (χ0) is 26.3. The normalized spacial score (nSPS) is 20.3. The van der Waals surface area contributed by atoms with Crippen molar-refractivity contribution in [3.8, 4) is 5.75 Å². The first-order valence-electron chi connectivity index (χ1n) is 11.6. The van der Waals surface area contributed by atoms with Gasteiger partial charge in [-0.1, -0.05) is 27.5 Å². The van der Waals surface area contributed by atoms with Gasteiger partial charge in [0.05, 0.1) is 28.4 Å². The first kappa shape index (κ1) is 27.6. The molecule has 1 amide bonds. The summed E-state index contributed by atoms with van der Waals surface area (Å²) in [4.78, 5) is 12.5. The van der Waals surface area contributed by atoms with Crippen LogP contribution in [0.4, 0.5) is 4.39 Å². The highest BCUT2D eigenvalue weighted by molar-refractivity contribution is 9.11. The van der Waals surface area contributed by atoms with Crippen LogP contribution in [0.5, 0.6) is 5.75 Å². The van der Waals surface area contributed by atoms with Crippen LogP contribution in [-0.4, -0.2) is 53.0 Å². The van der Waals surface area contributed by atoms with Gasteiger partial charge < -0.3 is 4.74 Å². The van der Waals surface area contributed by atoms with E-state index in [9.17, 15) is 26.0 Å². The lowest BCUT2D eigenvalue weighted by atomic mass is 9.99. The van der Waals surface area contributed by atoms with E-state index in [0.717, 1.165) is 29.6 Å². The lowest BCUT2D eigenvalue weighted by molar-refractivity contribution is 0.0977. The van der Waals surface area contributed by atoms with Crippen LogP contribution < -0.4 is 9.46 Å². The van der Waals surface area contributed by atoms with Gasteiger partial charge in [0.15, 0.2) is 0 Å². The van der Waals surface area contributed by atoms with Crippen LogP contribution in [0.3, 0.4) is 0 Å². The van der Waals surface area contributed by atoms with Crippen LogP contribution in [0.25, 0.3) is 0 Å². The molecule has 1 aliphatic heterocycles. The summed E-state index contributed by atoms with van der Waals surface area (Å²) < 4.78 is 73.5. The van der Waals surface area contributed by atoms with Crippen molar-refractivity contribution in [2.24, 2.45) is 5.92 Å². The number of nitrogens with one attached hydrogen (secondary N) is 1. The van der Waals surface area contributed by atoms with E-state index >= 15 is 0 Å². The van der Waals surface area contributed by atoms with Crippen molar-refractivity contribution in [1.82, 2.24) is 9.03 Å². The third kappa shape index (κ3) is 6.50. The Hall–Kier alpha value is -1.47. The predicted octanol–water partition coefficient (Wildman–Crippen LogP) is 4.34.